The molecule has 0 aliphatic carbocycles. The van der Waals surface area contributed by atoms with Crippen molar-refractivity contribution in [3.05, 3.63) is 35.5 Å². The molecule has 4 heteroatoms. The number of rotatable bonds is 5. The monoisotopic (exact) mass is 263 g/mol. The molecule has 18 heavy (non-hydrogen) atoms. The van der Waals surface area contributed by atoms with E-state index in [1.165, 1.54) is 5.56 Å². The highest BCUT2D eigenvalue weighted by Crippen LogP contribution is 2.26. The van der Waals surface area contributed by atoms with Gasteiger partial charge in [0.05, 0.1) is 12.2 Å². The zero-order chi connectivity index (χ0) is 13.0. The van der Waals surface area contributed by atoms with E-state index in [1.807, 2.05) is 43.1 Å². The first-order valence-corrected chi connectivity index (χ1v) is 7.27. The SMILES string of the molecule is CCOC(=O)c1cccc2[nH]cc(CSCC)c12. The second-order valence-corrected chi connectivity index (χ2v) is 5.17. The number of esters is 1. The Bertz CT molecular complexity index is 548. The van der Waals surface area contributed by atoms with Gasteiger partial charge in [-0.2, -0.15) is 11.8 Å². The third kappa shape index (κ3) is 2.53. The number of H-pyrrole nitrogens is 1. The number of carbonyl (C=O) groups is 1. The summed E-state index contributed by atoms with van der Waals surface area (Å²) < 4.78 is 5.11. The summed E-state index contributed by atoms with van der Waals surface area (Å²) in [5.74, 6) is 1.73. The molecule has 0 aliphatic rings. The summed E-state index contributed by atoms with van der Waals surface area (Å²) in [5, 5.41) is 0.997. The maximum atomic E-state index is 11.9. The van der Waals surface area contributed by atoms with Gasteiger partial charge in [-0.1, -0.05) is 13.0 Å². The van der Waals surface area contributed by atoms with Crippen molar-refractivity contribution >= 4 is 28.6 Å². The van der Waals surface area contributed by atoms with E-state index in [0.29, 0.717) is 12.2 Å². The Kier molecular flexibility index (Phi) is 4.31. The van der Waals surface area contributed by atoms with E-state index in [-0.39, 0.29) is 5.97 Å². The number of ether oxygens (including phenoxy) is 1. The molecule has 0 saturated heterocycles. The highest BCUT2D eigenvalue weighted by Gasteiger charge is 2.14. The highest BCUT2D eigenvalue weighted by molar-refractivity contribution is 7.98. The van der Waals surface area contributed by atoms with Crippen LogP contribution in [0.25, 0.3) is 10.9 Å². The average Bonchev–Trinajstić information content (AvgIpc) is 2.79. The van der Waals surface area contributed by atoms with Crippen LogP contribution in [0.5, 0.6) is 0 Å². The average molecular weight is 263 g/mol. The number of fused-ring (bicyclic) bond motifs is 1. The first-order chi connectivity index (χ1) is 8.77. The van der Waals surface area contributed by atoms with E-state index in [9.17, 15) is 4.79 Å². The molecule has 0 bridgehead atoms. The fourth-order valence-corrected chi connectivity index (χ4v) is 2.61. The third-order valence-electron chi connectivity index (χ3n) is 2.74. The zero-order valence-electron chi connectivity index (χ0n) is 10.7. The Morgan fingerprint density at radius 1 is 1.39 bits per heavy atom. The van der Waals surface area contributed by atoms with Gasteiger partial charge in [0.15, 0.2) is 0 Å². The van der Waals surface area contributed by atoms with Crippen molar-refractivity contribution in [2.24, 2.45) is 0 Å². The summed E-state index contributed by atoms with van der Waals surface area (Å²) in [4.78, 5) is 15.2. The first kappa shape index (κ1) is 13.0. The summed E-state index contributed by atoms with van der Waals surface area (Å²) in [7, 11) is 0. The van der Waals surface area contributed by atoms with E-state index >= 15 is 0 Å². The van der Waals surface area contributed by atoms with E-state index in [4.69, 9.17) is 4.74 Å². The van der Waals surface area contributed by atoms with Gasteiger partial charge >= 0.3 is 5.97 Å². The standard InChI is InChI=1S/C14H17NO2S/c1-3-17-14(16)11-6-5-7-12-13(11)10(8-15-12)9-18-4-2/h5-8,15H,3-4,9H2,1-2H3. The number of benzene rings is 1. The number of thioether (sulfide) groups is 1. The maximum absolute atomic E-state index is 11.9. The smallest absolute Gasteiger partial charge is 0.338 e. The Morgan fingerprint density at radius 3 is 2.94 bits per heavy atom. The van der Waals surface area contributed by atoms with Crippen LogP contribution in [0.4, 0.5) is 0 Å². The molecule has 1 aromatic heterocycles. The molecule has 2 aromatic rings. The molecule has 0 spiro atoms. The van der Waals surface area contributed by atoms with Gasteiger partial charge in [-0.3, -0.25) is 0 Å². The Morgan fingerprint density at radius 2 is 2.22 bits per heavy atom. The lowest BCUT2D eigenvalue weighted by Crippen LogP contribution is -2.05. The summed E-state index contributed by atoms with van der Waals surface area (Å²) >= 11 is 1.84. The molecule has 96 valence electrons. The summed E-state index contributed by atoms with van der Waals surface area (Å²) in [5.41, 5.74) is 2.81. The van der Waals surface area contributed by atoms with Gasteiger partial charge in [-0.15, -0.1) is 0 Å². The molecule has 3 nitrogen and oxygen atoms in total. The predicted octanol–water partition coefficient (Wildman–Crippen LogP) is 3.60. The largest absolute Gasteiger partial charge is 0.462 e. The van der Waals surface area contributed by atoms with Crippen molar-refractivity contribution in [2.75, 3.05) is 12.4 Å². The number of aromatic nitrogens is 1. The molecule has 1 N–H and O–H groups in total. The summed E-state index contributed by atoms with van der Waals surface area (Å²) in [6.07, 6.45) is 1.98. The first-order valence-electron chi connectivity index (χ1n) is 6.11. The van der Waals surface area contributed by atoms with Crippen LogP contribution in [-0.2, 0) is 10.5 Å². The minimum Gasteiger partial charge on any atom is -0.462 e. The molecule has 0 unspecified atom stereocenters. The van der Waals surface area contributed by atoms with Crippen molar-refractivity contribution in [3.63, 3.8) is 0 Å². The predicted molar refractivity (Wildman–Crippen MR) is 76.1 cm³/mol. The van der Waals surface area contributed by atoms with Crippen molar-refractivity contribution in [1.82, 2.24) is 4.98 Å². The van der Waals surface area contributed by atoms with Crippen molar-refractivity contribution in [3.8, 4) is 0 Å². The summed E-state index contributed by atoms with van der Waals surface area (Å²) in [6, 6.07) is 5.69. The van der Waals surface area contributed by atoms with E-state index in [2.05, 4.69) is 11.9 Å². The number of carbonyl (C=O) groups excluding carboxylic acids is 1. The maximum Gasteiger partial charge on any atom is 0.338 e. The minimum atomic E-state index is -0.245. The zero-order valence-corrected chi connectivity index (χ0v) is 11.5. The fraction of sp³-hybridized carbons (Fsp3) is 0.357. The fourth-order valence-electron chi connectivity index (χ4n) is 1.96. The molecule has 0 amide bonds. The molecule has 0 saturated carbocycles. The van der Waals surface area contributed by atoms with Gasteiger partial charge < -0.3 is 9.72 Å². The summed E-state index contributed by atoms with van der Waals surface area (Å²) in [6.45, 7) is 4.35. The minimum absolute atomic E-state index is 0.245. The van der Waals surface area contributed by atoms with Gasteiger partial charge in [0.2, 0.25) is 0 Å². The molecule has 0 atom stereocenters. The lowest BCUT2D eigenvalue weighted by molar-refractivity contribution is 0.0528. The quantitative estimate of drug-likeness (QED) is 0.838. The second-order valence-electron chi connectivity index (χ2n) is 3.90. The van der Waals surface area contributed by atoms with Crippen LogP contribution in [0.15, 0.2) is 24.4 Å². The van der Waals surface area contributed by atoms with Crippen LogP contribution >= 0.6 is 11.8 Å². The van der Waals surface area contributed by atoms with Crippen LogP contribution in [0.3, 0.4) is 0 Å². The Balaban J connectivity index is 2.45. The lowest BCUT2D eigenvalue weighted by Gasteiger charge is -2.05. The highest BCUT2D eigenvalue weighted by atomic mass is 32.2. The number of hydrogen-bond donors (Lipinski definition) is 1. The second kappa shape index (κ2) is 5.96. The normalized spacial score (nSPS) is 10.8. The molecule has 0 aliphatic heterocycles. The van der Waals surface area contributed by atoms with Crippen LogP contribution in [0.1, 0.15) is 29.8 Å². The molecule has 0 fully saturated rings. The van der Waals surface area contributed by atoms with Crippen LogP contribution in [0, 0.1) is 0 Å². The van der Waals surface area contributed by atoms with Crippen molar-refractivity contribution < 1.29 is 9.53 Å². The molecule has 1 aromatic carbocycles. The van der Waals surface area contributed by atoms with Gasteiger partial charge in [0.25, 0.3) is 0 Å². The molecular formula is C14H17NO2S. The van der Waals surface area contributed by atoms with Crippen LogP contribution in [-0.4, -0.2) is 23.3 Å². The number of hydrogen-bond acceptors (Lipinski definition) is 3. The number of nitrogens with one attached hydrogen (secondary N) is 1. The molecule has 0 radical (unpaired) electrons. The van der Waals surface area contributed by atoms with Crippen molar-refractivity contribution in [2.45, 2.75) is 19.6 Å². The van der Waals surface area contributed by atoms with Gasteiger partial charge in [-0.05, 0) is 30.4 Å². The van der Waals surface area contributed by atoms with Crippen LogP contribution < -0.4 is 0 Å². The number of aromatic amines is 1. The van der Waals surface area contributed by atoms with E-state index in [1.54, 1.807) is 0 Å². The van der Waals surface area contributed by atoms with Crippen molar-refractivity contribution in [1.29, 1.82) is 0 Å². The molecular weight excluding hydrogens is 246 g/mol. The van der Waals surface area contributed by atoms with E-state index < -0.39 is 0 Å². The molecule has 2 rings (SSSR count). The lowest BCUT2D eigenvalue weighted by atomic mass is 10.1. The van der Waals surface area contributed by atoms with Gasteiger partial charge in [0.1, 0.15) is 0 Å². The van der Waals surface area contributed by atoms with Crippen LogP contribution in [0.2, 0.25) is 0 Å². The molecule has 1 heterocycles. The topological polar surface area (TPSA) is 42.1 Å². The Hall–Kier alpha value is -1.42. The Labute approximate surface area is 111 Å². The van der Waals surface area contributed by atoms with E-state index in [0.717, 1.165) is 22.4 Å². The van der Waals surface area contributed by atoms with Gasteiger partial charge in [-0.25, -0.2) is 4.79 Å². The third-order valence-corrected chi connectivity index (χ3v) is 3.67. The van der Waals surface area contributed by atoms with Gasteiger partial charge in [0, 0.05) is 22.9 Å².